The summed E-state index contributed by atoms with van der Waals surface area (Å²) in [6.45, 7) is 8.91. The summed E-state index contributed by atoms with van der Waals surface area (Å²) in [5, 5.41) is 12.5. The number of hydrogen-bond acceptors (Lipinski definition) is 5. The zero-order valence-corrected chi connectivity index (χ0v) is 16.7. The first-order valence-corrected chi connectivity index (χ1v) is 10.1. The van der Waals surface area contributed by atoms with Crippen LogP contribution in [0.15, 0.2) is 29.7 Å². The Kier molecular flexibility index (Phi) is 5.96. The summed E-state index contributed by atoms with van der Waals surface area (Å²) in [6, 6.07) is 4.33. The summed E-state index contributed by atoms with van der Waals surface area (Å²) >= 11 is 1.53. The molecule has 1 atom stereocenters. The Balaban J connectivity index is 1.71. The van der Waals surface area contributed by atoms with Gasteiger partial charge in [0.15, 0.2) is 5.16 Å². The zero-order valence-electron chi connectivity index (χ0n) is 15.8. The van der Waals surface area contributed by atoms with Crippen molar-refractivity contribution in [3.63, 3.8) is 0 Å². The Hall–Kier alpha value is -1.89. The third-order valence-electron chi connectivity index (χ3n) is 4.41. The largest absolute Gasteiger partial charge is 0.351 e. The Bertz CT molecular complexity index is 740. The number of pyridine rings is 1. The van der Waals surface area contributed by atoms with Crippen LogP contribution in [0.5, 0.6) is 0 Å². The summed E-state index contributed by atoms with van der Waals surface area (Å²) in [6.07, 6.45) is 5.85. The van der Waals surface area contributed by atoms with Crippen molar-refractivity contribution < 1.29 is 4.79 Å². The van der Waals surface area contributed by atoms with Gasteiger partial charge in [-0.05, 0) is 30.4 Å². The van der Waals surface area contributed by atoms with Crippen molar-refractivity contribution in [3.8, 4) is 0 Å². The number of thioether (sulfide) groups is 1. The first-order valence-electron chi connectivity index (χ1n) is 9.25. The minimum atomic E-state index is -0.201. The normalized spacial score (nSPS) is 15.5. The molecule has 7 heteroatoms. The molecule has 2 aromatic rings. The van der Waals surface area contributed by atoms with E-state index in [-0.39, 0.29) is 17.1 Å². The Morgan fingerprint density at radius 1 is 1.31 bits per heavy atom. The number of nitrogens with one attached hydrogen (secondary N) is 1. The fraction of sp³-hybridized carbons (Fsp3) is 0.579. The highest BCUT2D eigenvalue weighted by Gasteiger charge is 2.33. The van der Waals surface area contributed by atoms with Crippen LogP contribution in [0.25, 0.3) is 0 Å². The predicted octanol–water partition coefficient (Wildman–Crippen LogP) is 3.56. The second kappa shape index (κ2) is 8.20. The summed E-state index contributed by atoms with van der Waals surface area (Å²) in [4.78, 5) is 16.9. The van der Waals surface area contributed by atoms with E-state index >= 15 is 0 Å². The van der Waals surface area contributed by atoms with Gasteiger partial charge in [-0.15, -0.1) is 10.2 Å². The van der Waals surface area contributed by atoms with Crippen LogP contribution in [-0.2, 0) is 11.3 Å². The van der Waals surface area contributed by atoms with Gasteiger partial charge in [0, 0.05) is 30.9 Å². The SMILES string of the molecule is CC(C)c1nnc(S[C@@H](C(=O)NCc2cccnc2)C(C)C)n1C1CC1. The van der Waals surface area contributed by atoms with Gasteiger partial charge >= 0.3 is 0 Å². The molecule has 0 aliphatic heterocycles. The van der Waals surface area contributed by atoms with E-state index in [1.807, 2.05) is 12.1 Å². The number of carbonyl (C=O) groups excluding carboxylic acids is 1. The molecule has 2 aromatic heterocycles. The molecule has 1 amide bonds. The van der Waals surface area contributed by atoms with Crippen molar-refractivity contribution in [2.75, 3.05) is 0 Å². The Morgan fingerprint density at radius 3 is 2.65 bits per heavy atom. The van der Waals surface area contributed by atoms with Gasteiger partial charge < -0.3 is 9.88 Å². The molecule has 6 nitrogen and oxygen atoms in total. The zero-order chi connectivity index (χ0) is 18.7. The standard InChI is InChI=1S/C19H27N5OS/c1-12(2)16(18(25)21-11-14-6-5-9-20-10-14)26-19-23-22-17(13(3)4)24(19)15-7-8-15/h5-6,9-10,12-13,15-16H,7-8,11H2,1-4H3,(H,21,25)/t16-/m1/s1. The van der Waals surface area contributed by atoms with E-state index in [1.165, 1.54) is 24.6 Å². The number of rotatable bonds is 8. The van der Waals surface area contributed by atoms with Crippen LogP contribution in [0, 0.1) is 5.92 Å². The van der Waals surface area contributed by atoms with Crippen molar-refractivity contribution in [1.29, 1.82) is 0 Å². The topological polar surface area (TPSA) is 72.7 Å². The smallest absolute Gasteiger partial charge is 0.234 e. The molecule has 0 unspecified atom stereocenters. The van der Waals surface area contributed by atoms with Gasteiger partial charge in [0.25, 0.3) is 0 Å². The molecular weight excluding hydrogens is 346 g/mol. The van der Waals surface area contributed by atoms with Gasteiger partial charge in [-0.2, -0.15) is 0 Å². The van der Waals surface area contributed by atoms with E-state index in [0.717, 1.165) is 16.5 Å². The molecule has 1 N–H and O–H groups in total. The minimum Gasteiger partial charge on any atom is -0.351 e. The highest BCUT2D eigenvalue weighted by molar-refractivity contribution is 8.00. The first kappa shape index (κ1) is 18.9. The third kappa shape index (κ3) is 4.44. The Labute approximate surface area is 159 Å². The molecule has 0 radical (unpaired) electrons. The molecular formula is C19H27N5OS. The quantitative estimate of drug-likeness (QED) is 0.716. The van der Waals surface area contributed by atoms with E-state index in [0.29, 0.717) is 18.5 Å². The molecule has 0 saturated heterocycles. The second-order valence-corrected chi connectivity index (χ2v) is 8.57. The Morgan fingerprint density at radius 2 is 2.08 bits per heavy atom. The molecule has 2 heterocycles. The van der Waals surface area contributed by atoms with Crippen LogP contribution in [0.1, 0.15) is 63.9 Å². The molecule has 0 spiro atoms. The maximum absolute atomic E-state index is 12.8. The third-order valence-corrected chi connectivity index (χ3v) is 5.91. The van der Waals surface area contributed by atoms with Crippen molar-refractivity contribution in [3.05, 3.63) is 35.9 Å². The van der Waals surface area contributed by atoms with E-state index in [4.69, 9.17) is 0 Å². The number of nitrogens with zero attached hydrogens (tertiary/aromatic N) is 4. The van der Waals surface area contributed by atoms with Crippen LogP contribution in [0.3, 0.4) is 0 Å². The lowest BCUT2D eigenvalue weighted by atomic mass is 10.1. The number of amides is 1. The van der Waals surface area contributed by atoms with E-state index in [2.05, 4.69) is 52.8 Å². The van der Waals surface area contributed by atoms with Crippen molar-refractivity contribution in [2.24, 2.45) is 5.92 Å². The highest BCUT2D eigenvalue weighted by Crippen LogP contribution is 2.41. The molecule has 140 valence electrons. The molecule has 1 aliphatic rings. The summed E-state index contributed by atoms with van der Waals surface area (Å²) < 4.78 is 2.25. The number of aromatic nitrogens is 4. The number of carbonyl (C=O) groups is 1. The van der Waals surface area contributed by atoms with Gasteiger partial charge in [0.2, 0.25) is 5.91 Å². The van der Waals surface area contributed by atoms with Crippen molar-refractivity contribution >= 4 is 17.7 Å². The van der Waals surface area contributed by atoms with Gasteiger partial charge in [0.1, 0.15) is 5.82 Å². The first-order chi connectivity index (χ1) is 12.5. The summed E-state index contributed by atoms with van der Waals surface area (Å²) in [5.41, 5.74) is 0.997. The maximum Gasteiger partial charge on any atom is 0.234 e. The van der Waals surface area contributed by atoms with Crippen LogP contribution >= 0.6 is 11.8 Å². The molecule has 26 heavy (non-hydrogen) atoms. The lowest BCUT2D eigenvalue weighted by Gasteiger charge is -2.20. The molecule has 1 saturated carbocycles. The molecule has 1 aliphatic carbocycles. The van der Waals surface area contributed by atoms with Crippen molar-refractivity contribution in [1.82, 2.24) is 25.1 Å². The average Bonchev–Trinajstić information content (AvgIpc) is 3.37. The van der Waals surface area contributed by atoms with Crippen LogP contribution in [0.4, 0.5) is 0 Å². The molecule has 1 fully saturated rings. The minimum absolute atomic E-state index is 0.0327. The van der Waals surface area contributed by atoms with Gasteiger partial charge in [-0.25, -0.2) is 0 Å². The van der Waals surface area contributed by atoms with Crippen LogP contribution in [-0.4, -0.2) is 30.9 Å². The van der Waals surface area contributed by atoms with Gasteiger partial charge in [-0.1, -0.05) is 45.5 Å². The van der Waals surface area contributed by atoms with E-state index in [1.54, 1.807) is 12.4 Å². The highest BCUT2D eigenvalue weighted by atomic mass is 32.2. The van der Waals surface area contributed by atoms with Gasteiger partial charge in [0.05, 0.1) is 5.25 Å². The fourth-order valence-electron chi connectivity index (χ4n) is 2.84. The molecule has 0 bridgehead atoms. The van der Waals surface area contributed by atoms with Crippen LogP contribution < -0.4 is 5.32 Å². The molecule has 0 aromatic carbocycles. The fourth-order valence-corrected chi connectivity index (χ4v) is 3.97. The monoisotopic (exact) mass is 373 g/mol. The lowest BCUT2D eigenvalue weighted by molar-refractivity contribution is -0.121. The van der Waals surface area contributed by atoms with E-state index in [9.17, 15) is 4.79 Å². The lowest BCUT2D eigenvalue weighted by Crippen LogP contribution is -2.35. The summed E-state index contributed by atoms with van der Waals surface area (Å²) in [5.74, 6) is 1.58. The summed E-state index contributed by atoms with van der Waals surface area (Å²) in [7, 11) is 0. The van der Waals surface area contributed by atoms with E-state index < -0.39 is 0 Å². The maximum atomic E-state index is 12.8. The van der Waals surface area contributed by atoms with Crippen molar-refractivity contribution in [2.45, 2.75) is 69.4 Å². The molecule has 3 rings (SSSR count). The predicted molar refractivity (Wildman–Crippen MR) is 103 cm³/mol. The number of hydrogen-bond donors (Lipinski definition) is 1. The van der Waals surface area contributed by atoms with Gasteiger partial charge in [-0.3, -0.25) is 9.78 Å². The van der Waals surface area contributed by atoms with Crippen LogP contribution in [0.2, 0.25) is 0 Å². The average molecular weight is 374 g/mol. The second-order valence-electron chi connectivity index (χ2n) is 7.46.